The zero-order valence-corrected chi connectivity index (χ0v) is 15.6. The van der Waals surface area contributed by atoms with Gasteiger partial charge in [0.15, 0.2) is 11.6 Å². The van der Waals surface area contributed by atoms with Crippen LogP contribution in [0.4, 0.5) is 18.9 Å². The van der Waals surface area contributed by atoms with Gasteiger partial charge in [-0.1, -0.05) is 6.07 Å². The fourth-order valence-corrected chi connectivity index (χ4v) is 2.76. The molecule has 0 radical (unpaired) electrons. The highest BCUT2D eigenvalue weighted by molar-refractivity contribution is 6.09. The van der Waals surface area contributed by atoms with E-state index in [9.17, 15) is 18.0 Å². The summed E-state index contributed by atoms with van der Waals surface area (Å²) in [6.07, 6.45) is 0. The van der Waals surface area contributed by atoms with Gasteiger partial charge in [0.2, 0.25) is 5.96 Å². The average Bonchev–Trinajstić information content (AvgIpc) is 2.71. The number of benzene rings is 2. The number of carbonyl (C=O) groups is 1. The van der Waals surface area contributed by atoms with Crippen molar-refractivity contribution in [2.75, 3.05) is 44.7 Å². The monoisotopic (exact) mass is 406 g/mol. The van der Waals surface area contributed by atoms with Crippen LogP contribution < -0.4 is 10.6 Å². The van der Waals surface area contributed by atoms with Gasteiger partial charge < -0.3 is 10.1 Å². The molecule has 0 aliphatic carbocycles. The van der Waals surface area contributed by atoms with Crippen LogP contribution in [0.3, 0.4) is 0 Å². The van der Waals surface area contributed by atoms with Gasteiger partial charge in [-0.2, -0.15) is 0 Å². The van der Waals surface area contributed by atoms with Crippen LogP contribution in [0.25, 0.3) is 0 Å². The Balaban J connectivity index is 1.70. The fourth-order valence-electron chi connectivity index (χ4n) is 2.76. The van der Waals surface area contributed by atoms with Crippen LogP contribution in [0.5, 0.6) is 0 Å². The molecule has 3 rings (SSSR count). The molecule has 1 saturated heterocycles. The van der Waals surface area contributed by atoms with Gasteiger partial charge in [-0.25, -0.2) is 13.2 Å². The number of morpholine rings is 1. The lowest BCUT2D eigenvalue weighted by Crippen LogP contribution is -2.39. The summed E-state index contributed by atoms with van der Waals surface area (Å²) >= 11 is 0. The van der Waals surface area contributed by atoms with E-state index in [1.165, 1.54) is 24.3 Å². The first kappa shape index (κ1) is 20.8. The Bertz CT molecular complexity index is 886. The summed E-state index contributed by atoms with van der Waals surface area (Å²) in [6.45, 7) is 3.93. The van der Waals surface area contributed by atoms with Crippen LogP contribution in [-0.2, 0) is 4.74 Å². The molecule has 6 nitrogen and oxygen atoms in total. The van der Waals surface area contributed by atoms with Gasteiger partial charge in [-0.05, 0) is 36.4 Å². The lowest BCUT2D eigenvalue weighted by molar-refractivity contribution is 0.0394. The zero-order chi connectivity index (χ0) is 20.6. The third kappa shape index (κ3) is 6.30. The van der Waals surface area contributed by atoms with E-state index in [1.807, 2.05) is 0 Å². The number of hydrogen-bond donors (Lipinski definition) is 2. The van der Waals surface area contributed by atoms with Crippen molar-refractivity contribution in [3.63, 3.8) is 0 Å². The van der Waals surface area contributed by atoms with Crippen molar-refractivity contribution in [2.24, 2.45) is 4.99 Å². The van der Waals surface area contributed by atoms with Crippen LogP contribution in [0.1, 0.15) is 10.4 Å². The molecule has 0 spiro atoms. The molecule has 1 heterocycles. The Morgan fingerprint density at radius 3 is 2.59 bits per heavy atom. The number of guanidine groups is 1. The van der Waals surface area contributed by atoms with Gasteiger partial charge in [0, 0.05) is 30.9 Å². The molecular weight excluding hydrogens is 385 g/mol. The number of amides is 1. The maximum Gasteiger partial charge on any atom is 0.258 e. The number of nitrogens with zero attached hydrogens (tertiary/aromatic N) is 2. The first-order valence-electron chi connectivity index (χ1n) is 9.15. The number of carbonyl (C=O) groups excluding carboxylic acids is 1. The summed E-state index contributed by atoms with van der Waals surface area (Å²) in [7, 11) is 0. The van der Waals surface area contributed by atoms with Gasteiger partial charge in [0.05, 0.1) is 19.8 Å². The highest BCUT2D eigenvalue weighted by Gasteiger charge is 2.13. The largest absolute Gasteiger partial charge is 0.379 e. The highest BCUT2D eigenvalue weighted by atomic mass is 19.2. The van der Waals surface area contributed by atoms with Crippen molar-refractivity contribution in [2.45, 2.75) is 0 Å². The molecule has 2 N–H and O–H groups in total. The topological polar surface area (TPSA) is 66.0 Å². The molecule has 0 bridgehead atoms. The molecule has 1 aliphatic heterocycles. The maximum atomic E-state index is 13.5. The Hall–Kier alpha value is -2.91. The van der Waals surface area contributed by atoms with E-state index in [-0.39, 0.29) is 11.5 Å². The number of hydrogen-bond acceptors (Lipinski definition) is 4. The number of anilines is 1. The minimum Gasteiger partial charge on any atom is -0.379 e. The minimum atomic E-state index is -1.12. The average molecular weight is 406 g/mol. The lowest BCUT2D eigenvalue weighted by atomic mass is 10.2. The highest BCUT2D eigenvalue weighted by Crippen LogP contribution is 2.11. The molecule has 1 aliphatic rings. The quantitative estimate of drug-likeness (QED) is 0.592. The predicted molar refractivity (Wildman–Crippen MR) is 103 cm³/mol. The third-order valence-electron chi connectivity index (χ3n) is 4.29. The van der Waals surface area contributed by atoms with Gasteiger partial charge in [-0.3, -0.25) is 20.0 Å². The summed E-state index contributed by atoms with van der Waals surface area (Å²) in [6, 6.07) is 8.52. The molecule has 1 amide bonds. The fraction of sp³-hybridized carbons (Fsp3) is 0.300. The van der Waals surface area contributed by atoms with E-state index in [1.54, 1.807) is 6.07 Å². The van der Waals surface area contributed by atoms with Gasteiger partial charge in [-0.15, -0.1) is 0 Å². The number of halogens is 3. The van der Waals surface area contributed by atoms with Crippen molar-refractivity contribution in [1.29, 1.82) is 0 Å². The molecular formula is C20H21F3N4O2. The van der Waals surface area contributed by atoms with E-state index in [4.69, 9.17) is 4.74 Å². The van der Waals surface area contributed by atoms with Crippen LogP contribution >= 0.6 is 0 Å². The van der Waals surface area contributed by atoms with Crippen LogP contribution in [-0.4, -0.2) is 56.2 Å². The van der Waals surface area contributed by atoms with E-state index in [2.05, 4.69) is 20.5 Å². The summed E-state index contributed by atoms with van der Waals surface area (Å²) in [5.74, 6) is -3.20. The molecule has 2 aromatic rings. The second-order valence-corrected chi connectivity index (χ2v) is 6.40. The molecule has 0 saturated carbocycles. The Morgan fingerprint density at radius 2 is 1.86 bits per heavy atom. The Labute approximate surface area is 166 Å². The molecule has 0 atom stereocenters. The summed E-state index contributed by atoms with van der Waals surface area (Å²) in [5.41, 5.74) is 0.325. The number of ether oxygens (including phenoxy) is 1. The van der Waals surface area contributed by atoms with Crippen molar-refractivity contribution >= 4 is 17.6 Å². The lowest BCUT2D eigenvalue weighted by Gasteiger charge is -2.25. The van der Waals surface area contributed by atoms with Gasteiger partial charge >= 0.3 is 0 Å². The molecule has 2 aromatic carbocycles. The van der Waals surface area contributed by atoms with E-state index in [0.29, 0.717) is 32.0 Å². The van der Waals surface area contributed by atoms with Crippen molar-refractivity contribution in [3.05, 3.63) is 65.5 Å². The standard InChI is InChI=1S/C20H21F3N4O2/c21-15-2-1-3-16(13-15)25-20(24-6-7-27-8-10-29-11-9-27)26-19(28)14-4-5-17(22)18(23)12-14/h1-5,12-13H,6-11H2,(H2,24,25,26,28). The summed E-state index contributed by atoms with van der Waals surface area (Å²) in [4.78, 5) is 18.9. The Morgan fingerprint density at radius 1 is 1.07 bits per heavy atom. The Kier molecular flexibility index (Phi) is 7.20. The van der Waals surface area contributed by atoms with Crippen molar-refractivity contribution in [1.82, 2.24) is 10.2 Å². The van der Waals surface area contributed by atoms with E-state index in [0.717, 1.165) is 25.2 Å². The summed E-state index contributed by atoms with van der Waals surface area (Å²) < 4.78 is 45.3. The first-order chi connectivity index (χ1) is 14.0. The zero-order valence-electron chi connectivity index (χ0n) is 15.6. The normalized spacial score (nSPS) is 15.2. The number of aliphatic imine (C=N–C) groups is 1. The smallest absolute Gasteiger partial charge is 0.258 e. The molecule has 29 heavy (non-hydrogen) atoms. The van der Waals surface area contributed by atoms with Crippen LogP contribution in [0, 0.1) is 17.5 Å². The second kappa shape index (κ2) is 10.0. The summed E-state index contributed by atoms with van der Waals surface area (Å²) in [5, 5.41) is 5.38. The van der Waals surface area contributed by atoms with Crippen molar-refractivity contribution < 1.29 is 22.7 Å². The van der Waals surface area contributed by atoms with E-state index < -0.39 is 23.4 Å². The van der Waals surface area contributed by atoms with E-state index >= 15 is 0 Å². The minimum absolute atomic E-state index is 0.0641. The van der Waals surface area contributed by atoms with Gasteiger partial charge in [0.1, 0.15) is 5.82 Å². The van der Waals surface area contributed by atoms with Crippen molar-refractivity contribution in [3.8, 4) is 0 Å². The van der Waals surface area contributed by atoms with Crippen LogP contribution in [0.2, 0.25) is 0 Å². The molecule has 9 heteroatoms. The molecule has 154 valence electrons. The van der Waals surface area contributed by atoms with Gasteiger partial charge in [0.25, 0.3) is 5.91 Å². The maximum absolute atomic E-state index is 13.5. The number of nitrogens with one attached hydrogen (secondary N) is 2. The predicted octanol–water partition coefficient (Wildman–Crippen LogP) is 2.63. The number of rotatable bonds is 5. The van der Waals surface area contributed by atoms with Crippen LogP contribution in [0.15, 0.2) is 47.5 Å². The first-order valence-corrected chi connectivity index (χ1v) is 9.15. The SMILES string of the molecule is O=C(NC(=NCCN1CCOCC1)Nc1cccc(F)c1)c1ccc(F)c(F)c1. The molecule has 0 unspecified atom stereocenters. The second-order valence-electron chi connectivity index (χ2n) is 6.40. The third-order valence-corrected chi connectivity index (χ3v) is 4.29. The molecule has 0 aromatic heterocycles. The molecule has 1 fully saturated rings.